The van der Waals surface area contributed by atoms with Crippen LogP contribution in [0.15, 0.2) is 18.2 Å². The van der Waals surface area contributed by atoms with Crippen LogP contribution in [0.5, 0.6) is 0 Å². The van der Waals surface area contributed by atoms with Gasteiger partial charge in [0.25, 0.3) is 0 Å². The Morgan fingerprint density at radius 2 is 2.04 bits per heavy atom. The van der Waals surface area contributed by atoms with Crippen LogP contribution in [0.1, 0.15) is 64.0 Å². The highest BCUT2D eigenvalue weighted by atomic mass is 16.2. The van der Waals surface area contributed by atoms with Gasteiger partial charge < -0.3 is 4.90 Å². The number of carbonyl (C=O) groups is 1. The first-order valence-electron chi connectivity index (χ1n) is 10.2. The van der Waals surface area contributed by atoms with E-state index in [-0.39, 0.29) is 11.9 Å². The second-order valence-electron chi connectivity index (χ2n) is 8.38. The molecule has 1 aliphatic carbocycles. The molecule has 1 saturated heterocycles. The van der Waals surface area contributed by atoms with E-state index in [0.717, 1.165) is 35.5 Å². The largest absolute Gasteiger partial charge is 0.339 e. The second-order valence-corrected chi connectivity index (χ2v) is 8.38. The molecule has 140 valence electrons. The number of benzene rings is 1. The normalized spacial score (nSPS) is 27.3. The molecule has 1 aromatic carbocycles. The van der Waals surface area contributed by atoms with Crippen LogP contribution in [0.4, 0.5) is 0 Å². The molecule has 1 aliphatic heterocycles. The van der Waals surface area contributed by atoms with E-state index in [2.05, 4.69) is 41.9 Å². The third-order valence-corrected chi connectivity index (χ3v) is 6.55. The molecule has 4 unspecified atom stereocenters. The van der Waals surface area contributed by atoms with Crippen molar-refractivity contribution in [3.05, 3.63) is 23.8 Å². The number of likely N-dealkylation sites (tertiary alicyclic amines) is 1. The van der Waals surface area contributed by atoms with Crippen molar-refractivity contribution in [2.24, 2.45) is 11.8 Å². The molecule has 1 aromatic heterocycles. The van der Waals surface area contributed by atoms with Crippen molar-refractivity contribution in [1.29, 1.82) is 0 Å². The van der Waals surface area contributed by atoms with Gasteiger partial charge in [0.2, 0.25) is 5.91 Å². The summed E-state index contributed by atoms with van der Waals surface area (Å²) in [5.74, 6) is 1.73. The Bertz CT molecular complexity index is 798. The maximum atomic E-state index is 13.1. The maximum Gasteiger partial charge on any atom is 0.225 e. The van der Waals surface area contributed by atoms with Gasteiger partial charge in [0.15, 0.2) is 0 Å². The Kier molecular flexibility index (Phi) is 4.72. The summed E-state index contributed by atoms with van der Waals surface area (Å²) in [7, 11) is 0. The SMILES string of the molecule is Cc1cccc2nn(C(C)CC(=O)N3CCC(C)C4CCCCC43)nc12. The molecule has 4 atom stereocenters. The third kappa shape index (κ3) is 3.12. The number of aromatic nitrogens is 3. The second kappa shape index (κ2) is 7.01. The van der Waals surface area contributed by atoms with Gasteiger partial charge in [-0.3, -0.25) is 4.79 Å². The Labute approximate surface area is 155 Å². The van der Waals surface area contributed by atoms with E-state index in [1.807, 2.05) is 12.1 Å². The molecule has 5 heteroatoms. The minimum Gasteiger partial charge on any atom is -0.339 e. The number of carbonyl (C=O) groups excluding carboxylic acids is 1. The van der Waals surface area contributed by atoms with Crippen molar-refractivity contribution in [2.75, 3.05) is 6.54 Å². The lowest BCUT2D eigenvalue weighted by atomic mass is 9.72. The zero-order chi connectivity index (χ0) is 18.3. The number of amides is 1. The number of rotatable bonds is 3. The quantitative estimate of drug-likeness (QED) is 0.833. The number of fused-ring (bicyclic) bond motifs is 2. The highest BCUT2D eigenvalue weighted by Crippen LogP contribution is 2.39. The lowest BCUT2D eigenvalue weighted by Crippen LogP contribution is -2.52. The number of hydrogen-bond acceptors (Lipinski definition) is 3. The molecule has 0 bridgehead atoms. The van der Waals surface area contributed by atoms with Crippen LogP contribution in [-0.2, 0) is 4.79 Å². The van der Waals surface area contributed by atoms with Crippen LogP contribution in [0.25, 0.3) is 11.0 Å². The molecule has 1 amide bonds. The fourth-order valence-electron chi connectivity index (χ4n) is 4.96. The zero-order valence-electron chi connectivity index (χ0n) is 16.2. The van der Waals surface area contributed by atoms with Crippen molar-refractivity contribution in [3.63, 3.8) is 0 Å². The molecule has 1 saturated carbocycles. The molecule has 0 spiro atoms. The lowest BCUT2D eigenvalue weighted by Gasteiger charge is -2.47. The summed E-state index contributed by atoms with van der Waals surface area (Å²) in [5, 5.41) is 9.24. The van der Waals surface area contributed by atoms with Gasteiger partial charge in [-0.05, 0) is 56.6 Å². The highest BCUT2D eigenvalue weighted by Gasteiger charge is 2.39. The molecule has 2 aliphatic rings. The minimum atomic E-state index is -0.0179. The van der Waals surface area contributed by atoms with Crippen molar-refractivity contribution in [3.8, 4) is 0 Å². The lowest BCUT2D eigenvalue weighted by molar-refractivity contribution is -0.139. The molecule has 26 heavy (non-hydrogen) atoms. The van der Waals surface area contributed by atoms with Crippen molar-refractivity contribution in [2.45, 2.75) is 71.4 Å². The number of aryl methyl sites for hydroxylation is 1. The van der Waals surface area contributed by atoms with Crippen LogP contribution in [-0.4, -0.2) is 38.4 Å². The van der Waals surface area contributed by atoms with Gasteiger partial charge in [-0.1, -0.05) is 31.9 Å². The van der Waals surface area contributed by atoms with Gasteiger partial charge in [0, 0.05) is 12.6 Å². The van der Waals surface area contributed by atoms with Crippen molar-refractivity contribution < 1.29 is 4.79 Å². The first kappa shape index (κ1) is 17.5. The average molecular weight is 354 g/mol. The Morgan fingerprint density at radius 1 is 1.23 bits per heavy atom. The summed E-state index contributed by atoms with van der Waals surface area (Å²) in [6, 6.07) is 6.48. The summed E-state index contributed by atoms with van der Waals surface area (Å²) >= 11 is 0. The van der Waals surface area contributed by atoms with Gasteiger partial charge in [-0.15, -0.1) is 0 Å². The molecule has 5 nitrogen and oxygen atoms in total. The standard InChI is InChI=1S/C21H30N4O/c1-14-11-12-24(19-10-5-4-8-17(14)19)20(26)13-16(3)25-22-18-9-6-7-15(2)21(18)23-25/h6-7,9,14,16-17,19H,4-5,8,10-13H2,1-3H3. The molecule has 2 aromatic rings. The first-order chi connectivity index (χ1) is 12.5. The Hall–Kier alpha value is -1.91. The smallest absolute Gasteiger partial charge is 0.225 e. The summed E-state index contributed by atoms with van der Waals surface area (Å²) in [4.78, 5) is 17.0. The van der Waals surface area contributed by atoms with Gasteiger partial charge in [-0.25, -0.2) is 0 Å². The van der Waals surface area contributed by atoms with Crippen LogP contribution < -0.4 is 0 Å². The van der Waals surface area contributed by atoms with Crippen molar-refractivity contribution in [1.82, 2.24) is 19.9 Å². The number of nitrogens with zero attached hydrogens (tertiary/aromatic N) is 4. The summed E-state index contributed by atoms with van der Waals surface area (Å²) in [5.41, 5.74) is 2.97. The number of hydrogen-bond donors (Lipinski definition) is 0. The molecule has 4 rings (SSSR count). The molecule has 2 fully saturated rings. The Morgan fingerprint density at radius 3 is 2.85 bits per heavy atom. The van der Waals surface area contributed by atoms with E-state index in [4.69, 9.17) is 0 Å². The van der Waals surface area contributed by atoms with Gasteiger partial charge >= 0.3 is 0 Å². The van der Waals surface area contributed by atoms with Crippen LogP contribution in [0, 0.1) is 18.8 Å². The zero-order valence-corrected chi connectivity index (χ0v) is 16.2. The Balaban J connectivity index is 1.48. The summed E-state index contributed by atoms with van der Waals surface area (Å²) in [6.45, 7) is 7.39. The third-order valence-electron chi connectivity index (χ3n) is 6.55. The first-order valence-corrected chi connectivity index (χ1v) is 10.2. The molecule has 2 heterocycles. The molecule has 0 radical (unpaired) electrons. The van der Waals surface area contributed by atoms with E-state index in [1.54, 1.807) is 4.80 Å². The minimum absolute atomic E-state index is 0.0179. The van der Waals surface area contributed by atoms with E-state index in [1.165, 1.54) is 25.7 Å². The topological polar surface area (TPSA) is 51.0 Å². The van der Waals surface area contributed by atoms with Crippen LogP contribution in [0.2, 0.25) is 0 Å². The average Bonchev–Trinajstić information content (AvgIpc) is 3.08. The van der Waals surface area contributed by atoms with Crippen LogP contribution >= 0.6 is 0 Å². The van der Waals surface area contributed by atoms with E-state index >= 15 is 0 Å². The number of piperidine rings is 1. The predicted octanol–water partition coefficient (Wildman–Crippen LogP) is 4.12. The fourth-order valence-corrected chi connectivity index (χ4v) is 4.96. The molecular formula is C21H30N4O. The predicted molar refractivity (Wildman–Crippen MR) is 103 cm³/mol. The van der Waals surface area contributed by atoms with Gasteiger partial charge in [0.1, 0.15) is 11.0 Å². The fraction of sp³-hybridized carbons (Fsp3) is 0.667. The summed E-state index contributed by atoms with van der Waals surface area (Å²) < 4.78 is 0. The van der Waals surface area contributed by atoms with Crippen LogP contribution in [0.3, 0.4) is 0 Å². The van der Waals surface area contributed by atoms with Gasteiger partial charge in [-0.2, -0.15) is 15.0 Å². The summed E-state index contributed by atoms with van der Waals surface area (Å²) in [6.07, 6.45) is 6.68. The maximum absolute atomic E-state index is 13.1. The van der Waals surface area contributed by atoms with Crippen molar-refractivity contribution >= 4 is 16.9 Å². The molecular weight excluding hydrogens is 324 g/mol. The van der Waals surface area contributed by atoms with E-state index < -0.39 is 0 Å². The highest BCUT2D eigenvalue weighted by molar-refractivity contribution is 5.78. The van der Waals surface area contributed by atoms with Gasteiger partial charge in [0.05, 0.1) is 12.5 Å². The van der Waals surface area contributed by atoms with E-state index in [0.29, 0.717) is 18.4 Å². The molecule has 0 N–H and O–H groups in total. The monoisotopic (exact) mass is 354 g/mol. The van der Waals surface area contributed by atoms with E-state index in [9.17, 15) is 4.79 Å².